The summed E-state index contributed by atoms with van der Waals surface area (Å²) in [7, 11) is 1.57. The highest BCUT2D eigenvalue weighted by molar-refractivity contribution is 5.94. The fourth-order valence-electron chi connectivity index (χ4n) is 3.95. The van der Waals surface area contributed by atoms with Gasteiger partial charge >= 0.3 is 11.9 Å². The van der Waals surface area contributed by atoms with E-state index in [-0.39, 0.29) is 23.7 Å². The van der Waals surface area contributed by atoms with Gasteiger partial charge < -0.3 is 4.90 Å². The van der Waals surface area contributed by atoms with E-state index in [0.717, 1.165) is 18.6 Å². The predicted octanol–water partition coefficient (Wildman–Crippen LogP) is 3.61. The molecule has 31 heavy (non-hydrogen) atoms. The van der Waals surface area contributed by atoms with Gasteiger partial charge in [0, 0.05) is 31.6 Å². The molecule has 6 nitrogen and oxygen atoms in total. The summed E-state index contributed by atoms with van der Waals surface area (Å²) in [5.74, 6) is -0.127. The van der Waals surface area contributed by atoms with Crippen LogP contribution >= 0.6 is 0 Å². The third kappa shape index (κ3) is 4.12. The summed E-state index contributed by atoms with van der Waals surface area (Å²) < 4.78 is 41.9. The van der Waals surface area contributed by atoms with Crippen LogP contribution in [0.4, 0.5) is 13.2 Å². The van der Waals surface area contributed by atoms with Crippen molar-refractivity contribution in [3.63, 3.8) is 0 Å². The molecule has 162 valence electrons. The second-order valence-electron chi connectivity index (χ2n) is 7.60. The Kier molecular flexibility index (Phi) is 5.43. The van der Waals surface area contributed by atoms with Gasteiger partial charge in [0.15, 0.2) is 0 Å². The average Bonchev–Trinajstić information content (AvgIpc) is 3.08. The molecule has 4 rings (SSSR count). The van der Waals surface area contributed by atoms with Crippen molar-refractivity contribution >= 4 is 5.91 Å². The monoisotopic (exact) mass is 430 g/mol. The summed E-state index contributed by atoms with van der Waals surface area (Å²) in [5.41, 5.74) is -0.467. The minimum absolute atomic E-state index is 0.00283. The smallest absolute Gasteiger partial charge is 0.338 e. The summed E-state index contributed by atoms with van der Waals surface area (Å²) in [5, 5.41) is 4.40. The number of hydrogen-bond acceptors (Lipinski definition) is 3. The van der Waals surface area contributed by atoms with Gasteiger partial charge in [0.2, 0.25) is 0 Å². The second kappa shape index (κ2) is 8.05. The summed E-state index contributed by atoms with van der Waals surface area (Å²) in [4.78, 5) is 27.2. The minimum atomic E-state index is -4.51. The van der Waals surface area contributed by atoms with E-state index in [1.807, 2.05) is 18.2 Å². The molecule has 1 unspecified atom stereocenters. The normalized spacial score (nSPS) is 17.0. The number of hydrogen-bond donors (Lipinski definition) is 0. The second-order valence-corrected chi connectivity index (χ2v) is 7.60. The van der Waals surface area contributed by atoms with Gasteiger partial charge in [-0.25, -0.2) is 14.0 Å². The van der Waals surface area contributed by atoms with Crippen molar-refractivity contribution in [3.8, 4) is 5.69 Å². The molecule has 1 saturated heterocycles. The van der Waals surface area contributed by atoms with Crippen LogP contribution in [0.25, 0.3) is 5.69 Å². The molecule has 1 fully saturated rings. The maximum Gasteiger partial charge on any atom is 0.416 e. The van der Waals surface area contributed by atoms with Crippen LogP contribution in [0.3, 0.4) is 0 Å². The molecule has 1 amide bonds. The minimum Gasteiger partial charge on any atom is -0.338 e. The molecule has 0 spiro atoms. The molecule has 1 aromatic heterocycles. The Morgan fingerprint density at radius 3 is 2.55 bits per heavy atom. The van der Waals surface area contributed by atoms with Crippen molar-refractivity contribution in [2.45, 2.75) is 24.9 Å². The van der Waals surface area contributed by atoms with Crippen molar-refractivity contribution in [1.29, 1.82) is 0 Å². The van der Waals surface area contributed by atoms with E-state index >= 15 is 0 Å². The zero-order valence-corrected chi connectivity index (χ0v) is 16.8. The molecular formula is C22H21F3N4O2. The molecule has 3 aromatic rings. The number of nitrogens with zero attached hydrogens (tertiary/aromatic N) is 4. The van der Waals surface area contributed by atoms with Gasteiger partial charge in [-0.2, -0.15) is 18.3 Å². The number of para-hydroxylation sites is 1. The van der Waals surface area contributed by atoms with Crippen molar-refractivity contribution in [1.82, 2.24) is 19.2 Å². The number of likely N-dealkylation sites (tertiary alicyclic amines) is 1. The SMILES string of the molecule is Cn1nc(C2CCCN(C(=O)c3cccc(C(F)(F)F)c3)C2)n(-c2ccccc2)c1=O. The average molecular weight is 430 g/mol. The van der Waals surface area contributed by atoms with E-state index in [9.17, 15) is 22.8 Å². The predicted molar refractivity (Wildman–Crippen MR) is 108 cm³/mol. The molecule has 9 heteroatoms. The standard InChI is InChI=1S/C22H21F3N4O2/c1-27-21(31)29(18-10-3-2-4-11-18)19(26-27)16-8-6-12-28(14-16)20(30)15-7-5-9-17(13-15)22(23,24)25/h2-5,7,9-11,13,16H,6,8,12,14H2,1H3. The fraction of sp³-hybridized carbons (Fsp3) is 0.318. The fourth-order valence-corrected chi connectivity index (χ4v) is 3.95. The molecule has 0 saturated carbocycles. The number of benzene rings is 2. The van der Waals surface area contributed by atoms with E-state index < -0.39 is 17.6 Å². The van der Waals surface area contributed by atoms with E-state index in [2.05, 4.69) is 5.10 Å². The maximum absolute atomic E-state index is 13.0. The Morgan fingerprint density at radius 1 is 1.10 bits per heavy atom. The van der Waals surface area contributed by atoms with Crippen LogP contribution in [0.1, 0.15) is 40.5 Å². The Morgan fingerprint density at radius 2 is 1.84 bits per heavy atom. The first-order valence-corrected chi connectivity index (χ1v) is 9.93. The topological polar surface area (TPSA) is 60.1 Å². The van der Waals surface area contributed by atoms with Crippen LogP contribution in [0.15, 0.2) is 59.4 Å². The lowest BCUT2D eigenvalue weighted by Crippen LogP contribution is -2.40. The van der Waals surface area contributed by atoms with Gasteiger partial charge in [-0.05, 0) is 43.2 Å². The van der Waals surface area contributed by atoms with Crippen LogP contribution in [-0.4, -0.2) is 38.2 Å². The number of aromatic nitrogens is 3. The highest BCUT2D eigenvalue weighted by Crippen LogP contribution is 2.31. The number of rotatable bonds is 3. The number of aryl methyl sites for hydroxylation is 1. The summed E-state index contributed by atoms with van der Waals surface area (Å²) in [6.45, 7) is 0.715. The van der Waals surface area contributed by atoms with Gasteiger partial charge in [-0.1, -0.05) is 24.3 Å². The molecule has 2 aromatic carbocycles. The first-order valence-electron chi connectivity index (χ1n) is 9.93. The van der Waals surface area contributed by atoms with E-state index in [0.29, 0.717) is 24.5 Å². The first kappa shape index (κ1) is 20.9. The Labute approximate surface area is 176 Å². The van der Waals surface area contributed by atoms with Gasteiger partial charge in [0.25, 0.3) is 5.91 Å². The lowest BCUT2D eigenvalue weighted by molar-refractivity contribution is -0.137. The molecule has 2 heterocycles. The maximum atomic E-state index is 13.0. The van der Waals surface area contributed by atoms with Gasteiger partial charge in [0.1, 0.15) is 5.82 Å². The van der Waals surface area contributed by atoms with E-state index in [1.165, 1.54) is 26.3 Å². The van der Waals surface area contributed by atoms with Crippen LogP contribution in [0, 0.1) is 0 Å². The number of carbonyl (C=O) groups excluding carboxylic acids is 1. The van der Waals surface area contributed by atoms with Gasteiger partial charge in [0.05, 0.1) is 11.3 Å². The third-order valence-electron chi connectivity index (χ3n) is 5.47. The largest absolute Gasteiger partial charge is 0.416 e. The zero-order valence-electron chi connectivity index (χ0n) is 16.8. The van der Waals surface area contributed by atoms with Crippen molar-refractivity contribution < 1.29 is 18.0 Å². The number of alkyl halides is 3. The lowest BCUT2D eigenvalue weighted by Gasteiger charge is -2.32. The molecule has 1 aliphatic heterocycles. The van der Waals surface area contributed by atoms with Crippen molar-refractivity contribution in [2.24, 2.45) is 7.05 Å². The number of piperidine rings is 1. The molecular weight excluding hydrogens is 409 g/mol. The summed E-state index contributed by atoms with van der Waals surface area (Å²) in [6, 6.07) is 13.6. The molecule has 0 radical (unpaired) electrons. The number of amides is 1. The van der Waals surface area contributed by atoms with Gasteiger partial charge in [-0.15, -0.1) is 0 Å². The summed E-state index contributed by atoms with van der Waals surface area (Å²) >= 11 is 0. The van der Waals surface area contributed by atoms with Crippen LogP contribution < -0.4 is 5.69 Å². The van der Waals surface area contributed by atoms with Crippen LogP contribution in [-0.2, 0) is 13.2 Å². The lowest BCUT2D eigenvalue weighted by atomic mass is 9.96. The highest BCUT2D eigenvalue weighted by Gasteiger charge is 2.33. The quantitative estimate of drug-likeness (QED) is 0.638. The summed E-state index contributed by atoms with van der Waals surface area (Å²) in [6.07, 6.45) is -3.13. The zero-order chi connectivity index (χ0) is 22.2. The van der Waals surface area contributed by atoms with E-state index in [1.54, 1.807) is 19.2 Å². The number of halogens is 3. The molecule has 0 bridgehead atoms. The Bertz CT molecular complexity index is 1150. The Balaban J connectivity index is 1.63. The molecule has 0 aliphatic carbocycles. The Hall–Kier alpha value is -3.36. The molecule has 1 atom stereocenters. The van der Waals surface area contributed by atoms with E-state index in [4.69, 9.17) is 0 Å². The molecule has 1 aliphatic rings. The van der Waals surface area contributed by atoms with Gasteiger partial charge in [-0.3, -0.25) is 4.79 Å². The molecule has 0 N–H and O–H groups in total. The third-order valence-corrected chi connectivity index (χ3v) is 5.47. The van der Waals surface area contributed by atoms with Crippen LogP contribution in [0.5, 0.6) is 0 Å². The number of carbonyl (C=O) groups is 1. The highest BCUT2D eigenvalue weighted by atomic mass is 19.4. The first-order chi connectivity index (χ1) is 14.8. The van der Waals surface area contributed by atoms with Crippen molar-refractivity contribution in [3.05, 3.63) is 82.0 Å². The van der Waals surface area contributed by atoms with Crippen molar-refractivity contribution in [2.75, 3.05) is 13.1 Å². The van der Waals surface area contributed by atoms with Crippen LogP contribution in [0.2, 0.25) is 0 Å².